The van der Waals surface area contributed by atoms with E-state index in [-0.39, 0.29) is 0 Å². The van der Waals surface area contributed by atoms with E-state index in [0.29, 0.717) is 25.7 Å². The number of carbonyl (C=O) groups excluding carboxylic acids is 2. The van der Waals surface area contributed by atoms with Gasteiger partial charge in [-0.2, -0.15) is 0 Å². The Hall–Kier alpha value is -0.940. The van der Waals surface area contributed by atoms with Crippen LogP contribution in [0.15, 0.2) is 0 Å². The molecule has 0 aromatic heterocycles. The van der Waals surface area contributed by atoms with Crippen molar-refractivity contribution in [3.8, 4) is 0 Å². The predicted octanol–water partition coefficient (Wildman–Crippen LogP) is 0.599. The summed E-state index contributed by atoms with van der Waals surface area (Å²) in [6.07, 6.45) is 6.02. The molecule has 0 amide bonds. The van der Waals surface area contributed by atoms with E-state index in [0.717, 1.165) is 25.7 Å². The molecule has 17 heavy (non-hydrogen) atoms. The van der Waals surface area contributed by atoms with Gasteiger partial charge in [0.1, 0.15) is 11.1 Å². The van der Waals surface area contributed by atoms with Crippen LogP contribution in [0.2, 0.25) is 0 Å². The molecule has 2 saturated carbocycles. The van der Waals surface area contributed by atoms with Gasteiger partial charge >= 0.3 is 11.9 Å². The summed E-state index contributed by atoms with van der Waals surface area (Å²) < 4.78 is 4.90. The Balaban J connectivity index is 1.96. The molecular weight excluding hydrogens is 220 g/mol. The maximum Gasteiger partial charge on any atom is 0.333 e. The lowest BCUT2D eigenvalue weighted by molar-refractivity contribution is -0.167. The first-order valence-electron chi connectivity index (χ1n) is 6.31. The third-order valence-corrected chi connectivity index (χ3v) is 3.99. The molecule has 2 aliphatic carbocycles. The van der Waals surface area contributed by atoms with Gasteiger partial charge in [-0.25, -0.2) is 9.59 Å². The molecule has 96 valence electrons. The second-order valence-corrected chi connectivity index (χ2v) is 5.40. The number of esters is 2. The Morgan fingerprint density at radius 2 is 1.06 bits per heavy atom. The molecule has 0 radical (unpaired) electrons. The highest BCUT2D eigenvalue weighted by molar-refractivity contribution is 5.95. The molecule has 0 bridgehead atoms. The van der Waals surface area contributed by atoms with Gasteiger partial charge in [-0.05, 0) is 25.7 Å². The Morgan fingerprint density at radius 1 is 0.765 bits per heavy atom. The van der Waals surface area contributed by atoms with Gasteiger partial charge in [0.25, 0.3) is 0 Å². The van der Waals surface area contributed by atoms with Crippen molar-refractivity contribution in [2.45, 2.75) is 62.4 Å². The van der Waals surface area contributed by atoms with Crippen molar-refractivity contribution >= 4 is 11.9 Å². The van der Waals surface area contributed by atoms with Gasteiger partial charge in [-0.1, -0.05) is 25.7 Å². The summed E-state index contributed by atoms with van der Waals surface area (Å²) in [4.78, 5) is 23.7. The molecule has 2 rings (SSSR count). The van der Waals surface area contributed by atoms with Gasteiger partial charge in [0, 0.05) is 0 Å². The highest BCUT2D eigenvalue weighted by atomic mass is 16.6. The molecule has 5 nitrogen and oxygen atoms in total. The molecule has 0 spiro atoms. The van der Waals surface area contributed by atoms with Gasteiger partial charge in [0.15, 0.2) is 0 Å². The van der Waals surface area contributed by atoms with E-state index < -0.39 is 23.0 Å². The molecule has 0 heterocycles. The Labute approximate surface area is 101 Å². The van der Waals surface area contributed by atoms with Crippen molar-refractivity contribution in [1.29, 1.82) is 0 Å². The smallest absolute Gasteiger partial charge is 0.333 e. The Bertz CT molecular complexity index is 297. The molecular formula is C12H20N2O3. The topological polar surface area (TPSA) is 95.4 Å². The van der Waals surface area contributed by atoms with E-state index in [4.69, 9.17) is 16.2 Å². The normalized spacial score (nSPS) is 25.8. The fraction of sp³-hybridized carbons (Fsp3) is 0.833. The van der Waals surface area contributed by atoms with Crippen molar-refractivity contribution in [3.05, 3.63) is 0 Å². The molecule has 4 N–H and O–H groups in total. The predicted molar refractivity (Wildman–Crippen MR) is 61.9 cm³/mol. The number of nitrogens with two attached hydrogens (primary N) is 2. The largest absolute Gasteiger partial charge is 0.390 e. The van der Waals surface area contributed by atoms with Gasteiger partial charge in [0.2, 0.25) is 0 Å². The van der Waals surface area contributed by atoms with Gasteiger partial charge in [-0.15, -0.1) is 0 Å². The van der Waals surface area contributed by atoms with Gasteiger partial charge in [-0.3, -0.25) is 0 Å². The highest BCUT2D eigenvalue weighted by Crippen LogP contribution is 2.31. The minimum atomic E-state index is -0.968. The first kappa shape index (κ1) is 12.5. The van der Waals surface area contributed by atoms with E-state index in [1.54, 1.807) is 0 Å². The van der Waals surface area contributed by atoms with Crippen molar-refractivity contribution in [2.75, 3.05) is 0 Å². The minimum Gasteiger partial charge on any atom is -0.390 e. The van der Waals surface area contributed by atoms with Crippen LogP contribution in [-0.2, 0) is 14.3 Å². The van der Waals surface area contributed by atoms with E-state index in [1.165, 1.54) is 0 Å². The summed E-state index contributed by atoms with van der Waals surface area (Å²) in [7, 11) is 0. The number of hydrogen-bond acceptors (Lipinski definition) is 5. The van der Waals surface area contributed by atoms with Crippen LogP contribution in [0.5, 0.6) is 0 Å². The van der Waals surface area contributed by atoms with Crippen LogP contribution in [0, 0.1) is 0 Å². The quantitative estimate of drug-likeness (QED) is 0.544. The lowest BCUT2D eigenvalue weighted by Crippen LogP contribution is -2.52. The van der Waals surface area contributed by atoms with Crippen LogP contribution >= 0.6 is 0 Å². The van der Waals surface area contributed by atoms with Crippen LogP contribution < -0.4 is 11.5 Å². The van der Waals surface area contributed by atoms with Crippen LogP contribution in [-0.4, -0.2) is 23.0 Å². The first-order valence-corrected chi connectivity index (χ1v) is 6.31. The first-order chi connectivity index (χ1) is 7.96. The summed E-state index contributed by atoms with van der Waals surface area (Å²) in [6, 6.07) is 0. The van der Waals surface area contributed by atoms with Gasteiger partial charge < -0.3 is 16.2 Å². The second kappa shape index (κ2) is 4.38. The fourth-order valence-electron chi connectivity index (χ4n) is 2.71. The number of carbonyl (C=O) groups is 2. The summed E-state index contributed by atoms with van der Waals surface area (Å²) in [6.45, 7) is 0. The van der Waals surface area contributed by atoms with Crippen LogP contribution in [0.1, 0.15) is 51.4 Å². The minimum absolute atomic E-state index is 0.594. The zero-order valence-corrected chi connectivity index (χ0v) is 10.0. The summed E-state index contributed by atoms with van der Waals surface area (Å²) in [5.74, 6) is -1.20. The Morgan fingerprint density at radius 3 is 1.35 bits per heavy atom. The fourth-order valence-corrected chi connectivity index (χ4v) is 2.71. The van der Waals surface area contributed by atoms with Crippen molar-refractivity contribution in [2.24, 2.45) is 11.5 Å². The van der Waals surface area contributed by atoms with E-state index in [9.17, 15) is 9.59 Å². The van der Waals surface area contributed by atoms with Gasteiger partial charge in [0.05, 0.1) is 0 Å². The molecule has 0 atom stereocenters. The standard InChI is InChI=1S/C12H20N2O3/c13-11(5-1-2-6-11)9(15)17-10(16)12(14)7-3-4-8-12/h1-8,13-14H2. The molecule has 5 heteroatoms. The molecule has 0 aliphatic heterocycles. The van der Waals surface area contributed by atoms with E-state index in [1.807, 2.05) is 0 Å². The van der Waals surface area contributed by atoms with Crippen LogP contribution in [0.25, 0.3) is 0 Å². The van der Waals surface area contributed by atoms with Crippen molar-refractivity contribution in [3.63, 3.8) is 0 Å². The average molecular weight is 240 g/mol. The zero-order valence-electron chi connectivity index (χ0n) is 10.0. The van der Waals surface area contributed by atoms with E-state index in [2.05, 4.69) is 0 Å². The highest BCUT2D eigenvalue weighted by Gasteiger charge is 2.44. The lowest BCUT2D eigenvalue weighted by Gasteiger charge is -2.25. The lowest BCUT2D eigenvalue weighted by atomic mass is 9.98. The molecule has 0 aromatic carbocycles. The summed E-state index contributed by atoms with van der Waals surface area (Å²) in [5.41, 5.74) is 9.91. The maximum absolute atomic E-state index is 11.9. The SMILES string of the molecule is NC1(C(=O)OC(=O)C2(N)CCCC2)CCCC1. The molecule has 0 aromatic rings. The van der Waals surface area contributed by atoms with Crippen LogP contribution in [0.3, 0.4) is 0 Å². The summed E-state index contributed by atoms with van der Waals surface area (Å²) in [5, 5.41) is 0. The summed E-state index contributed by atoms with van der Waals surface area (Å²) >= 11 is 0. The Kier molecular flexibility index (Phi) is 3.23. The third kappa shape index (κ3) is 2.35. The molecule has 0 saturated heterocycles. The van der Waals surface area contributed by atoms with Crippen LogP contribution in [0.4, 0.5) is 0 Å². The average Bonchev–Trinajstić information content (AvgIpc) is 2.89. The van der Waals surface area contributed by atoms with Crippen molar-refractivity contribution < 1.29 is 14.3 Å². The second-order valence-electron chi connectivity index (χ2n) is 5.40. The number of ether oxygens (including phenoxy) is 1. The third-order valence-electron chi connectivity index (χ3n) is 3.99. The molecule has 2 aliphatic rings. The maximum atomic E-state index is 11.9. The number of hydrogen-bond donors (Lipinski definition) is 2. The van der Waals surface area contributed by atoms with E-state index >= 15 is 0 Å². The van der Waals surface area contributed by atoms with Crippen molar-refractivity contribution in [1.82, 2.24) is 0 Å². The molecule has 0 unspecified atom stereocenters. The monoisotopic (exact) mass is 240 g/mol. The number of rotatable bonds is 2. The zero-order chi connectivity index (χ0) is 12.5. The molecule has 2 fully saturated rings.